The zero-order valence-corrected chi connectivity index (χ0v) is 19.1. The third kappa shape index (κ3) is 5.41. The predicted molar refractivity (Wildman–Crippen MR) is 125 cm³/mol. The van der Waals surface area contributed by atoms with E-state index in [-0.39, 0.29) is 24.1 Å². The Bertz CT molecular complexity index is 1080. The van der Waals surface area contributed by atoms with Crippen LogP contribution in [0.4, 0.5) is 0 Å². The van der Waals surface area contributed by atoms with Gasteiger partial charge in [-0.05, 0) is 57.5 Å². The van der Waals surface area contributed by atoms with Crippen molar-refractivity contribution in [3.05, 3.63) is 63.6 Å². The monoisotopic (exact) mass is 433 g/mol. The molecule has 6 nitrogen and oxygen atoms in total. The molecule has 1 aliphatic heterocycles. The van der Waals surface area contributed by atoms with E-state index in [1.807, 2.05) is 49.1 Å². The van der Waals surface area contributed by atoms with Gasteiger partial charge in [0.2, 0.25) is 0 Å². The Morgan fingerprint density at radius 3 is 2.44 bits per heavy atom. The molecule has 0 spiro atoms. The number of rotatable bonds is 5. The van der Waals surface area contributed by atoms with Crippen LogP contribution in [-0.4, -0.2) is 60.1 Å². The van der Waals surface area contributed by atoms with E-state index in [0.717, 1.165) is 29.9 Å². The molecule has 0 bridgehead atoms. The van der Waals surface area contributed by atoms with Crippen LogP contribution in [0, 0.1) is 24.7 Å². The highest BCUT2D eigenvalue weighted by Gasteiger charge is 2.20. The van der Waals surface area contributed by atoms with Gasteiger partial charge in [-0.3, -0.25) is 9.59 Å². The van der Waals surface area contributed by atoms with Crippen molar-refractivity contribution in [1.29, 1.82) is 0 Å². The van der Waals surface area contributed by atoms with Gasteiger partial charge in [-0.1, -0.05) is 24.0 Å². The second-order valence-electron chi connectivity index (χ2n) is 8.85. The molecule has 32 heavy (non-hydrogen) atoms. The van der Waals surface area contributed by atoms with Crippen molar-refractivity contribution in [3.8, 4) is 17.6 Å². The van der Waals surface area contributed by atoms with Gasteiger partial charge in [0, 0.05) is 49.4 Å². The summed E-state index contributed by atoms with van der Waals surface area (Å²) in [6.45, 7) is 7.01. The van der Waals surface area contributed by atoms with Crippen molar-refractivity contribution in [1.82, 2.24) is 14.4 Å². The molecule has 1 saturated carbocycles. The number of nitrogens with zero attached hydrogens (tertiary/aromatic N) is 3. The Labute approximate surface area is 189 Å². The zero-order valence-electron chi connectivity index (χ0n) is 19.1. The summed E-state index contributed by atoms with van der Waals surface area (Å²) >= 11 is 0. The molecule has 1 aliphatic carbocycles. The van der Waals surface area contributed by atoms with Gasteiger partial charge in [-0.2, -0.15) is 0 Å². The summed E-state index contributed by atoms with van der Waals surface area (Å²) in [7, 11) is 2.05. The zero-order chi connectivity index (χ0) is 22.7. The molecule has 0 radical (unpaired) electrons. The fraction of sp³-hybridized carbons (Fsp3) is 0.462. The van der Waals surface area contributed by atoms with Gasteiger partial charge in [0.15, 0.2) is 6.61 Å². The maximum Gasteiger partial charge on any atom is 0.260 e. The first-order valence-corrected chi connectivity index (χ1v) is 11.3. The summed E-state index contributed by atoms with van der Waals surface area (Å²) < 4.78 is 7.43. The minimum atomic E-state index is -0.142. The van der Waals surface area contributed by atoms with E-state index < -0.39 is 0 Å². The van der Waals surface area contributed by atoms with Crippen LogP contribution >= 0.6 is 0 Å². The fourth-order valence-electron chi connectivity index (χ4n) is 3.96. The molecule has 0 N–H and O–H groups in total. The highest BCUT2D eigenvalue weighted by molar-refractivity contribution is 5.77. The average molecular weight is 434 g/mol. The average Bonchev–Trinajstić information content (AvgIpc) is 3.61. The molecule has 1 saturated heterocycles. The Balaban J connectivity index is 1.41. The summed E-state index contributed by atoms with van der Waals surface area (Å²) in [5.41, 5.74) is 2.71. The number of likely N-dealkylation sites (N-methyl/N-ethyl adjacent to an activating group) is 1. The smallest absolute Gasteiger partial charge is 0.260 e. The normalized spacial score (nSPS) is 17.4. The number of hydrogen-bond donors (Lipinski definition) is 0. The van der Waals surface area contributed by atoms with Crippen molar-refractivity contribution in [2.24, 2.45) is 5.92 Å². The Hall–Kier alpha value is -3.04. The first kappa shape index (κ1) is 22.2. The molecule has 0 unspecified atom stereocenters. The van der Waals surface area contributed by atoms with E-state index in [1.165, 1.54) is 18.9 Å². The van der Waals surface area contributed by atoms with Crippen LogP contribution in [0.15, 0.2) is 41.2 Å². The van der Waals surface area contributed by atoms with Crippen LogP contribution in [0.5, 0.6) is 5.75 Å². The van der Waals surface area contributed by atoms with E-state index >= 15 is 0 Å². The van der Waals surface area contributed by atoms with Gasteiger partial charge < -0.3 is 19.1 Å². The number of piperazine rings is 1. The third-order valence-corrected chi connectivity index (χ3v) is 6.23. The van der Waals surface area contributed by atoms with Crippen LogP contribution in [0.1, 0.15) is 42.6 Å². The van der Waals surface area contributed by atoms with Crippen molar-refractivity contribution in [2.45, 2.75) is 32.7 Å². The number of aromatic nitrogens is 1. The van der Waals surface area contributed by atoms with Gasteiger partial charge in [0.05, 0.1) is 6.04 Å². The molecule has 2 aliphatic rings. The lowest BCUT2D eigenvalue weighted by Gasteiger charge is -2.32. The molecular formula is C26H31N3O3. The molecule has 168 valence electrons. The van der Waals surface area contributed by atoms with E-state index in [1.54, 1.807) is 4.57 Å². The van der Waals surface area contributed by atoms with Gasteiger partial charge >= 0.3 is 0 Å². The third-order valence-electron chi connectivity index (χ3n) is 6.23. The molecule has 1 aromatic carbocycles. The number of hydrogen-bond acceptors (Lipinski definition) is 4. The Kier molecular flexibility index (Phi) is 6.66. The number of carbonyl (C=O) groups is 1. The number of amides is 1. The minimum Gasteiger partial charge on any atom is -0.484 e. The Morgan fingerprint density at radius 2 is 1.81 bits per heavy atom. The molecular weight excluding hydrogens is 402 g/mol. The number of aryl methyl sites for hydroxylation is 1. The van der Waals surface area contributed by atoms with Gasteiger partial charge in [0.1, 0.15) is 5.75 Å². The minimum absolute atomic E-state index is 0.0434. The van der Waals surface area contributed by atoms with Crippen LogP contribution < -0.4 is 10.3 Å². The largest absolute Gasteiger partial charge is 0.484 e. The summed E-state index contributed by atoms with van der Waals surface area (Å²) in [6, 6.07) is 11.3. The lowest BCUT2D eigenvalue weighted by molar-refractivity contribution is -0.134. The van der Waals surface area contributed by atoms with Gasteiger partial charge in [-0.15, -0.1) is 0 Å². The van der Waals surface area contributed by atoms with Crippen LogP contribution in [-0.2, 0) is 4.79 Å². The maximum absolute atomic E-state index is 12.9. The Morgan fingerprint density at radius 1 is 1.12 bits per heavy atom. The van der Waals surface area contributed by atoms with Crippen LogP contribution in [0.3, 0.4) is 0 Å². The topological polar surface area (TPSA) is 54.8 Å². The molecule has 6 heteroatoms. The highest BCUT2D eigenvalue weighted by atomic mass is 16.5. The van der Waals surface area contributed by atoms with Crippen molar-refractivity contribution in [3.63, 3.8) is 0 Å². The summed E-state index contributed by atoms with van der Waals surface area (Å²) in [6.07, 6.45) is 2.43. The van der Waals surface area contributed by atoms with Crippen LogP contribution in [0.2, 0.25) is 0 Å². The molecule has 2 fully saturated rings. The molecule has 1 atom stereocenters. The fourth-order valence-corrected chi connectivity index (χ4v) is 3.96. The van der Waals surface area contributed by atoms with Crippen molar-refractivity contribution < 1.29 is 9.53 Å². The second-order valence-corrected chi connectivity index (χ2v) is 8.85. The number of carbonyl (C=O) groups excluding carboxylic acids is 1. The molecule has 2 aromatic rings. The second kappa shape index (κ2) is 9.62. The molecule has 2 heterocycles. The highest BCUT2D eigenvalue weighted by Crippen LogP contribution is 2.27. The maximum atomic E-state index is 12.9. The van der Waals surface area contributed by atoms with Crippen LogP contribution in [0.25, 0.3) is 0 Å². The van der Waals surface area contributed by atoms with E-state index in [9.17, 15) is 9.59 Å². The first-order chi connectivity index (χ1) is 15.4. The summed E-state index contributed by atoms with van der Waals surface area (Å²) in [5, 5.41) is 0. The van der Waals surface area contributed by atoms with E-state index in [2.05, 4.69) is 23.8 Å². The van der Waals surface area contributed by atoms with Crippen molar-refractivity contribution >= 4 is 5.91 Å². The van der Waals surface area contributed by atoms with Gasteiger partial charge in [0.25, 0.3) is 11.5 Å². The van der Waals surface area contributed by atoms with Crippen molar-refractivity contribution in [2.75, 3.05) is 39.8 Å². The first-order valence-electron chi connectivity index (χ1n) is 11.3. The van der Waals surface area contributed by atoms with E-state index in [4.69, 9.17) is 4.74 Å². The lowest BCUT2D eigenvalue weighted by Crippen LogP contribution is -2.48. The lowest BCUT2D eigenvalue weighted by atomic mass is 10.1. The summed E-state index contributed by atoms with van der Waals surface area (Å²) in [5.74, 6) is 7.46. The van der Waals surface area contributed by atoms with E-state index in [0.29, 0.717) is 24.8 Å². The summed E-state index contributed by atoms with van der Waals surface area (Å²) in [4.78, 5) is 29.3. The number of benzene rings is 1. The number of pyridine rings is 1. The quantitative estimate of drug-likeness (QED) is 0.681. The SMILES string of the molecule is Cc1cc(OCC(=O)N2CCN(C)CC2)cc(=O)n1[C@H](C)c1ccc(C#CC2CC2)cc1. The standard InChI is InChI=1S/C26H31N3O3/c1-19-16-24(32-18-26(31)28-14-12-27(3)13-15-28)17-25(30)29(19)20(2)23-10-8-22(9-11-23)7-6-21-4-5-21/h8-11,16-17,20-21H,4-5,12-15,18H2,1-3H3/t20-/m1/s1. The predicted octanol–water partition coefficient (Wildman–Crippen LogP) is 2.68. The number of ether oxygens (including phenoxy) is 1. The van der Waals surface area contributed by atoms with Gasteiger partial charge in [-0.25, -0.2) is 0 Å². The molecule has 1 amide bonds. The molecule has 4 rings (SSSR count). The molecule has 1 aromatic heterocycles.